The third-order valence-electron chi connectivity index (χ3n) is 4.23. The number of hydrogen-bond donors (Lipinski definition) is 1. The fraction of sp³-hybridized carbons (Fsp3) is 0.471. The Morgan fingerprint density at radius 3 is 2.67 bits per heavy atom. The molecule has 1 aromatic heterocycles. The van der Waals surface area contributed by atoms with Gasteiger partial charge in [0.1, 0.15) is 0 Å². The minimum atomic E-state index is 0.736. The van der Waals surface area contributed by atoms with Gasteiger partial charge in [-0.25, -0.2) is 4.68 Å². The molecule has 0 amide bonds. The van der Waals surface area contributed by atoms with Gasteiger partial charge in [-0.05, 0) is 56.4 Å². The number of benzene rings is 1. The molecule has 1 fully saturated rings. The molecule has 0 unspecified atom stereocenters. The maximum absolute atomic E-state index is 4.69. The van der Waals surface area contributed by atoms with Gasteiger partial charge in [0.25, 0.3) is 0 Å². The van der Waals surface area contributed by atoms with Crippen LogP contribution in [0.25, 0.3) is 5.69 Å². The minimum Gasteiger partial charge on any atom is -0.310 e. The molecular formula is C17H22BrN3. The lowest BCUT2D eigenvalue weighted by molar-refractivity contribution is 0.685. The average molecular weight is 348 g/mol. The van der Waals surface area contributed by atoms with Crippen molar-refractivity contribution < 1.29 is 0 Å². The molecule has 112 valence electrons. The molecule has 2 aromatic rings. The van der Waals surface area contributed by atoms with Crippen LogP contribution in [-0.4, -0.2) is 15.8 Å². The van der Waals surface area contributed by atoms with Gasteiger partial charge in [-0.1, -0.05) is 28.9 Å². The first-order valence-electron chi connectivity index (χ1n) is 7.67. The Morgan fingerprint density at radius 1 is 1.33 bits per heavy atom. The van der Waals surface area contributed by atoms with Gasteiger partial charge in [-0.2, -0.15) is 5.10 Å². The zero-order chi connectivity index (χ0) is 15.0. The Hall–Kier alpha value is -1.13. The Balaban J connectivity index is 1.87. The first-order chi connectivity index (χ1) is 10.1. The van der Waals surface area contributed by atoms with E-state index < -0.39 is 0 Å². The summed E-state index contributed by atoms with van der Waals surface area (Å²) in [5.74, 6) is 0. The smallest absolute Gasteiger partial charge is 0.0660 e. The summed E-state index contributed by atoms with van der Waals surface area (Å²) in [6, 6.07) is 7.26. The third-order valence-corrected chi connectivity index (χ3v) is 4.97. The maximum atomic E-state index is 4.69. The van der Waals surface area contributed by atoms with Crippen LogP contribution in [0.2, 0.25) is 0 Å². The Labute approximate surface area is 134 Å². The van der Waals surface area contributed by atoms with Crippen molar-refractivity contribution in [2.45, 2.75) is 52.6 Å². The zero-order valence-corrected chi connectivity index (χ0v) is 14.5. The van der Waals surface area contributed by atoms with Gasteiger partial charge >= 0.3 is 0 Å². The highest BCUT2D eigenvalue weighted by atomic mass is 79.9. The van der Waals surface area contributed by atoms with Crippen LogP contribution in [-0.2, 0) is 13.0 Å². The van der Waals surface area contributed by atoms with E-state index in [0.29, 0.717) is 0 Å². The van der Waals surface area contributed by atoms with Crippen LogP contribution in [0.15, 0.2) is 22.7 Å². The van der Waals surface area contributed by atoms with Crippen molar-refractivity contribution in [1.29, 1.82) is 0 Å². The highest BCUT2D eigenvalue weighted by molar-refractivity contribution is 9.10. The molecule has 21 heavy (non-hydrogen) atoms. The largest absolute Gasteiger partial charge is 0.310 e. The number of nitrogens with one attached hydrogen (secondary N) is 1. The number of aryl methyl sites for hydroxylation is 1. The van der Waals surface area contributed by atoms with Gasteiger partial charge in [0.2, 0.25) is 0 Å². The van der Waals surface area contributed by atoms with E-state index in [1.165, 1.54) is 29.7 Å². The van der Waals surface area contributed by atoms with Gasteiger partial charge in [0.15, 0.2) is 0 Å². The predicted octanol–water partition coefficient (Wildman–Crippen LogP) is 4.07. The number of rotatable bonds is 5. The summed E-state index contributed by atoms with van der Waals surface area (Å²) in [5, 5.41) is 8.24. The van der Waals surface area contributed by atoms with Crippen LogP contribution in [0.1, 0.15) is 42.3 Å². The van der Waals surface area contributed by atoms with Crippen LogP contribution in [0.3, 0.4) is 0 Å². The number of aromatic nitrogens is 2. The number of nitrogens with zero attached hydrogens (tertiary/aromatic N) is 2. The number of halogens is 1. The van der Waals surface area contributed by atoms with E-state index in [4.69, 9.17) is 0 Å². The lowest BCUT2D eigenvalue weighted by Gasteiger charge is -2.10. The van der Waals surface area contributed by atoms with Crippen molar-refractivity contribution in [2.24, 2.45) is 0 Å². The van der Waals surface area contributed by atoms with Crippen LogP contribution in [0.5, 0.6) is 0 Å². The van der Waals surface area contributed by atoms with Crippen LogP contribution < -0.4 is 5.32 Å². The minimum absolute atomic E-state index is 0.736. The van der Waals surface area contributed by atoms with Crippen molar-refractivity contribution in [1.82, 2.24) is 15.1 Å². The van der Waals surface area contributed by atoms with E-state index in [2.05, 4.69) is 70.0 Å². The lowest BCUT2D eigenvalue weighted by atomic mass is 10.1. The second kappa shape index (κ2) is 5.93. The first-order valence-corrected chi connectivity index (χ1v) is 8.46. The molecule has 0 spiro atoms. The van der Waals surface area contributed by atoms with Gasteiger partial charge in [0.05, 0.1) is 11.4 Å². The maximum Gasteiger partial charge on any atom is 0.0660 e. The molecule has 0 radical (unpaired) electrons. The summed E-state index contributed by atoms with van der Waals surface area (Å²) in [6.07, 6.45) is 3.67. The molecule has 0 bridgehead atoms. The van der Waals surface area contributed by atoms with Gasteiger partial charge in [-0.3, -0.25) is 0 Å². The molecular weight excluding hydrogens is 326 g/mol. The summed E-state index contributed by atoms with van der Waals surface area (Å²) in [5.41, 5.74) is 6.15. The molecule has 4 heteroatoms. The normalized spacial score (nSPS) is 14.7. The van der Waals surface area contributed by atoms with E-state index >= 15 is 0 Å². The average Bonchev–Trinajstić information content (AvgIpc) is 3.23. The van der Waals surface area contributed by atoms with Crippen molar-refractivity contribution in [2.75, 3.05) is 0 Å². The second-order valence-electron chi connectivity index (χ2n) is 5.85. The van der Waals surface area contributed by atoms with Crippen molar-refractivity contribution in [3.63, 3.8) is 0 Å². The van der Waals surface area contributed by atoms with Gasteiger partial charge in [0, 0.05) is 22.8 Å². The molecule has 1 N–H and O–H groups in total. The van der Waals surface area contributed by atoms with E-state index in [9.17, 15) is 0 Å². The first kappa shape index (κ1) is 14.8. The molecule has 0 atom stereocenters. The summed E-state index contributed by atoms with van der Waals surface area (Å²) in [7, 11) is 0. The van der Waals surface area contributed by atoms with Crippen LogP contribution in [0, 0.1) is 13.8 Å². The Kier molecular flexibility index (Phi) is 4.18. The zero-order valence-electron chi connectivity index (χ0n) is 12.9. The molecule has 1 heterocycles. The molecule has 0 aliphatic heterocycles. The molecule has 3 rings (SSSR count). The summed E-state index contributed by atoms with van der Waals surface area (Å²) >= 11 is 3.70. The topological polar surface area (TPSA) is 29.9 Å². The molecule has 1 aliphatic rings. The monoisotopic (exact) mass is 347 g/mol. The molecule has 1 aromatic carbocycles. The summed E-state index contributed by atoms with van der Waals surface area (Å²) < 4.78 is 3.20. The van der Waals surface area contributed by atoms with Gasteiger partial charge < -0.3 is 5.32 Å². The highest BCUT2D eigenvalue weighted by Gasteiger charge is 2.20. The van der Waals surface area contributed by atoms with E-state index in [0.717, 1.165) is 34.9 Å². The standard InChI is InChI=1S/C17H22BrN3/c1-4-16-11(2)20-21(12(16)3)15-8-5-13(17(18)9-15)10-19-14-6-7-14/h5,8-9,14,19H,4,6-7,10H2,1-3H3. The van der Waals surface area contributed by atoms with Crippen LogP contribution in [0.4, 0.5) is 0 Å². The summed E-state index contributed by atoms with van der Waals surface area (Å²) in [6.45, 7) is 7.35. The second-order valence-corrected chi connectivity index (χ2v) is 6.70. The van der Waals surface area contributed by atoms with Crippen molar-refractivity contribution >= 4 is 15.9 Å². The molecule has 0 saturated heterocycles. The number of hydrogen-bond acceptors (Lipinski definition) is 2. The fourth-order valence-electron chi connectivity index (χ4n) is 2.79. The van der Waals surface area contributed by atoms with Crippen LogP contribution >= 0.6 is 15.9 Å². The van der Waals surface area contributed by atoms with Crippen molar-refractivity contribution in [3.05, 3.63) is 45.2 Å². The molecule has 1 aliphatic carbocycles. The highest BCUT2D eigenvalue weighted by Crippen LogP contribution is 2.25. The third kappa shape index (κ3) is 3.06. The quantitative estimate of drug-likeness (QED) is 0.883. The SMILES string of the molecule is CCc1c(C)nn(-c2ccc(CNC3CC3)c(Br)c2)c1C. The molecule has 1 saturated carbocycles. The predicted molar refractivity (Wildman–Crippen MR) is 90.0 cm³/mol. The fourth-order valence-corrected chi connectivity index (χ4v) is 3.30. The van der Waals surface area contributed by atoms with E-state index in [-0.39, 0.29) is 0 Å². The van der Waals surface area contributed by atoms with Crippen molar-refractivity contribution in [3.8, 4) is 5.69 Å². The molecule has 3 nitrogen and oxygen atoms in total. The Morgan fingerprint density at radius 2 is 2.10 bits per heavy atom. The Bertz CT molecular complexity index is 656. The summed E-state index contributed by atoms with van der Waals surface area (Å²) in [4.78, 5) is 0. The van der Waals surface area contributed by atoms with E-state index in [1.807, 2.05) is 0 Å². The lowest BCUT2D eigenvalue weighted by Crippen LogP contribution is -2.15. The van der Waals surface area contributed by atoms with E-state index in [1.54, 1.807) is 0 Å². The van der Waals surface area contributed by atoms with Gasteiger partial charge in [-0.15, -0.1) is 0 Å².